The number of amides is 1. The van der Waals surface area contributed by atoms with Crippen molar-refractivity contribution in [1.29, 1.82) is 0 Å². The van der Waals surface area contributed by atoms with Crippen LogP contribution in [0.15, 0.2) is 54.6 Å². The normalized spacial score (nSPS) is 11.8. The van der Waals surface area contributed by atoms with Crippen LogP contribution in [0.3, 0.4) is 0 Å². The van der Waals surface area contributed by atoms with E-state index in [9.17, 15) is 18.0 Å². The first-order chi connectivity index (χ1) is 15.2. The lowest BCUT2D eigenvalue weighted by Crippen LogP contribution is -2.19. The Balaban J connectivity index is 1.75. The Morgan fingerprint density at radius 2 is 1.75 bits per heavy atom. The summed E-state index contributed by atoms with van der Waals surface area (Å²) in [4.78, 5) is 12.8. The fraction of sp³-hybridized carbons (Fsp3) is 0.217. The lowest BCUT2D eigenvalue weighted by atomic mass is 10.00. The Morgan fingerprint density at radius 3 is 2.41 bits per heavy atom. The molecule has 4 rings (SSSR count). The first-order valence-electron chi connectivity index (χ1n) is 9.96. The van der Waals surface area contributed by atoms with E-state index in [-0.39, 0.29) is 17.3 Å². The maximum atomic E-state index is 13.0. The number of aromatic nitrogens is 4. The lowest BCUT2D eigenvalue weighted by molar-refractivity contribution is -0.137. The van der Waals surface area contributed by atoms with Crippen LogP contribution in [0.5, 0.6) is 0 Å². The van der Waals surface area contributed by atoms with Crippen LogP contribution in [-0.4, -0.2) is 25.7 Å². The van der Waals surface area contributed by atoms with Gasteiger partial charge < -0.3 is 5.32 Å². The highest BCUT2D eigenvalue weighted by Crippen LogP contribution is 2.33. The molecule has 2 aromatic heterocycles. The van der Waals surface area contributed by atoms with Crippen LogP contribution in [0.2, 0.25) is 0 Å². The van der Waals surface area contributed by atoms with Crippen molar-refractivity contribution in [3.8, 4) is 11.1 Å². The molecule has 32 heavy (non-hydrogen) atoms. The van der Waals surface area contributed by atoms with Gasteiger partial charge in [0.15, 0.2) is 11.3 Å². The van der Waals surface area contributed by atoms with Crippen molar-refractivity contribution in [2.75, 3.05) is 5.32 Å². The number of nitrogens with one attached hydrogen (secondary N) is 1. The molecule has 1 amide bonds. The quantitative estimate of drug-likeness (QED) is 0.456. The molecule has 164 valence electrons. The van der Waals surface area contributed by atoms with Crippen molar-refractivity contribution in [2.45, 2.75) is 32.9 Å². The van der Waals surface area contributed by atoms with E-state index in [4.69, 9.17) is 0 Å². The monoisotopic (exact) mass is 439 g/mol. The molecule has 0 aliphatic rings. The van der Waals surface area contributed by atoms with Crippen molar-refractivity contribution in [2.24, 2.45) is 0 Å². The van der Waals surface area contributed by atoms with Crippen molar-refractivity contribution < 1.29 is 18.0 Å². The van der Waals surface area contributed by atoms with E-state index in [1.54, 1.807) is 11.4 Å². The van der Waals surface area contributed by atoms with E-state index in [1.807, 2.05) is 44.2 Å². The molecule has 9 heteroatoms. The Hall–Kier alpha value is -3.75. The first kappa shape index (κ1) is 21.5. The highest BCUT2D eigenvalue weighted by atomic mass is 19.4. The molecule has 0 radical (unpaired) electrons. The van der Waals surface area contributed by atoms with Gasteiger partial charge in [0.25, 0.3) is 5.91 Å². The molecule has 0 saturated carbocycles. The van der Waals surface area contributed by atoms with Gasteiger partial charge >= 0.3 is 6.18 Å². The molecule has 0 spiro atoms. The van der Waals surface area contributed by atoms with E-state index >= 15 is 0 Å². The number of carbonyl (C=O) groups is 1. The van der Waals surface area contributed by atoms with Gasteiger partial charge in [-0.25, -0.2) is 4.52 Å². The SMILES string of the molecule is Cc1c(C(=O)Nc2cccc(C(F)(F)F)c2)nnc2c(-c3ccccc3)c(C(C)C)nn12. The number of halogens is 3. The number of alkyl halides is 3. The highest BCUT2D eigenvalue weighted by molar-refractivity contribution is 6.03. The molecule has 0 atom stereocenters. The van der Waals surface area contributed by atoms with Crippen LogP contribution in [0.25, 0.3) is 16.8 Å². The number of rotatable bonds is 4. The standard InChI is InChI=1S/C23H20F3N5O/c1-13(2)19-18(15-8-5-4-6-9-15)21-29-28-20(14(3)31(21)30-19)22(32)27-17-11-7-10-16(12-17)23(24,25)26/h4-13H,1-3H3,(H,27,32). The number of aryl methyl sites for hydroxylation is 1. The number of hydrogen-bond donors (Lipinski definition) is 1. The van der Waals surface area contributed by atoms with Crippen LogP contribution in [0.1, 0.15) is 47.2 Å². The van der Waals surface area contributed by atoms with Gasteiger partial charge in [-0.1, -0.05) is 50.2 Å². The minimum Gasteiger partial charge on any atom is -0.321 e. The molecule has 1 N–H and O–H groups in total. The molecule has 2 aromatic carbocycles. The largest absolute Gasteiger partial charge is 0.416 e. The number of hydrogen-bond acceptors (Lipinski definition) is 4. The summed E-state index contributed by atoms with van der Waals surface area (Å²) in [7, 11) is 0. The maximum absolute atomic E-state index is 13.0. The first-order valence-corrected chi connectivity index (χ1v) is 9.96. The second-order valence-electron chi connectivity index (χ2n) is 7.68. The number of carbonyl (C=O) groups excluding carboxylic acids is 1. The predicted molar refractivity (Wildman–Crippen MR) is 114 cm³/mol. The summed E-state index contributed by atoms with van der Waals surface area (Å²) in [6.07, 6.45) is -4.51. The number of fused-ring (bicyclic) bond motifs is 1. The Labute approximate surface area is 182 Å². The zero-order valence-electron chi connectivity index (χ0n) is 17.6. The lowest BCUT2D eigenvalue weighted by Gasteiger charge is -2.10. The fourth-order valence-corrected chi connectivity index (χ4v) is 3.48. The van der Waals surface area contributed by atoms with Gasteiger partial charge in [0.2, 0.25) is 0 Å². The van der Waals surface area contributed by atoms with Crippen LogP contribution < -0.4 is 5.32 Å². The number of nitrogens with zero attached hydrogens (tertiary/aromatic N) is 4. The van der Waals surface area contributed by atoms with Crippen LogP contribution in [-0.2, 0) is 6.18 Å². The van der Waals surface area contributed by atoms with E-state index in [2.05, 4.69) is 20.6 Å². The smallest absolute Gasteiger partial charge is 0.321 e. The Kier molecular flexibility index (Phi) is 5.41. The average Bonchev–Trinajstić information content (AvgIpc) is 3.15. The van der Waals surface area contributed by atoms with E-state index in [0.29, 0.717) is 11.3 Å². The molecule has 2 heterocycles. The third kappa shape index (κ3) is 3.93. The summed E-state index contributed by atoms with van der Waals surface area (Å²) < 4.78 is 40.5. The molecule has 0 saturated heterocycles. The Bertz CT molecular complexity index is 1300. The van der Waals surface area contributed by atoms with Crippen molar-refractivity contribution in [3.63, 3.8) is 0 Å². The van der Waals surface area contributed by atoms with E-state index in [1.165, 1.54) is 12.1 Å². The summed E-state index contributed by atoms with van der Waals surface area (Å²) >= 11 is 0. The Morgan fingerprint density at radius 1 is 1.03 bits per heavy atom. The summed E-state index contributed by atoms with van der Waals surface area (Å²) in [6, 6.07) is 14.1. The van der Waals surface area contributed by atoms with Crippen LogP contribution in [0.4, 0.5) is 18.9 Å². The van der Waals surface area contributed by atoms with E-state index in [0.717, 1.165) is 29.0 Å². The molecular formula is C23H20F3N5O. The fourth-order valence-electron chi connectivity index (χ4n) is 3.48. The van der Waals surface area contributed by atoms with Crippen molar-refractivity contribution >= 4 is 17.2 Å². The molecule has 0 unspecified atom stereocenters. The number of anilines is 1. The second kappa shape index (κ2) is 8.07. The molecule has 0 bridgehead atoms. The van der Waals surface area contributed by atoms with Crippen molar-refractivity contribution in [1.82, 2.24) is 19.8 Å². The van der Waals surface area contributed by atoms with Gasteiger partial charge in [-0.05, 0) is 36.6 Å². The summed E-state index contributed by atoms with van der Waals surface area (Å²) in [5.74, 6) is -0.576. The summed E-state index contributed by atoms with van der Waals surface area (Å²) in [5.41, 5.74) is 2.66. The third-order valence-electron chi connectivity index (χ3n) is 5.07. The maximum Gasteiger partial charge on any atom is 0.416 e. The van der Waals surface area contributed by atoms with Crippen LogP contribution in [0, 0.1) is 6.92 Å². The minimum atomic E-state index is -4.51. The van der Waals surface area contributed by atoms with Gasteiger partial charge in [-0.2, -0.15) is 18.3 Å². The van der Waals surface area contributed by atoms with Gasteiger partial charge in [-0.3, -0.25) is 4.79 Å². The minimum absolute atomic E-state index is 0.0134. The van der Waals surface area contributed by atoms with Gasteiger partial charge in [0.05, 0.1) is 22.5 Å². The second-order valence-corrected chi connectivity index (χ2v) is 7.68. The predicted octanol–water partition coefficient (Wildman–Crippen LogP) is 5.49. The molecule has 4 aromatic rings. The molecule has 0 aliphatic heterocycles. The summed E-state index contributed by atoms with van der Waals surface area (Å²) in [6.45, 7) is 5.70. The zero-order valence-corrected chi connectivity index (χ0v) is 17.6. The third-order valence-corrected chi connectivity index (χ3v) is 5.07. The highest BCUT2D eigenvalue weighted by Gasteiger charge is 2.30. The molecule has 0 aliphatic carbocycles. The number of benzene rings is 2. The average molecular weight is 439 g/mol. The van der Waals surface area contributed by atoms with Gasteiger partial charge in [-0.15, -0.1) is 10.2 Å². The van der Waals surface area contributed by atoms with Gasteiger partial charge in [0, 0.05) is 5.69 Å². The topological polar surface area (TPSA) is 72.2 Å². The van der Waals surface area contributed by atoms with Gasteiger partial charge in [0.1, 0.15) is 0 Å². The molecule has 0 fully saturated rings. The van der Waals surface area contributed by atoms with E-state index < -0.39 is 17.6 Å². The molecule has 6 nitrogen and oxygen atoms in total. The zero-order chi connectivity index (χ0) is 23.0. The molecular weight excluding hydrogens is 419 g/mol. The van der Waals surface area contributed by atoms with Crippen LogP contribution >= 0.6 is 0 Å². The van der Waals surface area contributed by atoms with Crippen molar-refractivity contribution in [3.05, 3.63) is 77.2 Å². The summed E-state index contributed by atoms with van der Waals surface area (Å²) in [5, 5.41) is 15.5.